The maximum Gasteiger partial charge on any atom is 0.166 e. The lowest BCUT2D eigenvalue weighted by molar-refractivity contribution is 0.0577. The van der Waals surface area contributed by atoms with Crippen LogP contribution in [0.3, 0.4) is 0 Å². The van der Waals surface area contributed by atoms with Crippen molar-refractivity contribution >= 4 is 39.1 Å². The molecule has 2 aromatic rings. The van der Waals surface area contributed by atoms with E-state index in [0.717, 1.165) is 51.5 Å². The van der Waals surface area contributed by atoms with Crippen LogP contribution in [0.25, 0.3) is 0 Å². The Labute approximate surface area is 237 Å². The molecule has 0 bridgehead atoms. The molecule has 5 rings (SSSR count). The van der Waals surface area contributed by atoms with Gasteiger partial charge in [-0.15, -0.1) is 0 Å². The molecule has 2 aliphatic heterocycles. The van der Waals surface area contributed by atoms with Crippen molar-refractivity contribution in [3.8, 4) is 0 Å². The zero-order valence-electron chi connectivity index (χ0n) is 22.0. The predicted molar refractivity (Wildman–Crippen MR) is 160 cm³/mol. The van der Waals surface area contributed by atoms with E-state index in [1.807, 2.05) is 29.1 Å². The summed E-state index contributed by atoms with van der Waals surface area (Å²) < 4.78 is 2.95. The molecule has 1 aliphatic carbocycles. The second kappa shape index (κ2) is 12.3. The Morgan fingerprint density at radius 1 is 1.14 bits per heavy atom. The van der Waals surface area contributed by atoms with Crippen LogP contribution in [-0.4, -0.2) is 46.1 Å². The molecule has 7 heteroatoms. The lowest BCUT2D eigenvalue weighted by atomic mass is 9.68. The van der Waals surface area contributed by atoms with Crippen molar-refractivity contribution in [3.05, 3.63) is 45.5 Å². The van der Waals surface area contributed by atoms with Crippen LogP contribution in [0.2, 0.25) is 5.02 Å². The minimum absolute atomic E-state index is 0. The number of nitrogens with one attached hydrogen (secondary N) is 1. The van der Waals surface area contributed by atoms with Gasteiger partial charge in [0.2, 0.25) is 0 Å². The molecule has 1 aromatic heterocycles. The third-order valence-corrected chi connectivity index (χ3v) is 10.1. The summed E-state index contributed by atoms with van der Waals surface area (Å²) in [7, 11) is 0. The summed E-state index contributed by atoms with van der Waals surface area (Å²) in [6.45, 7) is 10.8. The highest BCUT2D eigenvalue weighted by molar-refractivity contribution is 9.10. The fraction of sp³-hybridized carbons (Fsp3) is 0.667. The number of aliphatic imine (C=N–C) groups is 1. The molecule has 1 aromatic carbocycles. The van der Waals surface area contributed by atoms with E-state index in [1.165, 1.54) is 58.0 Å². The summed E-state index contributed by atoms with van der Waals surface area (Å²) in [5.41, 5.74) is 2.52. The summed E-state index contributed by atoms with van der Waals surface area (Å²) in [4.78, 5) is 7.74. The highest BCUT2D eigenvalue weighted by atomic mass is 79.9. The van der Waals surface area contributed by atoms with Crippen molar-refractivity contribution in [1.29, 1.82) is 0 Å². The van der Waals surface area contributed by atoms with Crippen molar-refractivity contribution < 1.29 is 0 Å². The summed E-state index contributed by atoms with van der Waals surface area (Å²) in [5, 5.41) is 9.25. The topological polar surface area (TPSA) is 45.4 Å². The number of hydrogen-bond acceptors (Lipinski definition) is 4. The fourth-order valence-corrected chi connectivity index (χ4v) is 7.15. The van der Waals surface area contributed by atoms with E-state index < -0.39 is 0 Å². The third-order valence-electron chi connectivity index (χ3n) is 9.26. The van der Waals surface area contributed by atoms with E-state index in [0.29, 0.717) is 11.3 Å². The molecular formula is C30H45BrClN5. The van der Waals surface area contributed by atoms with E-state index in [9.17, 15) is 0 Å². The van der Waals surface area contributed by atoms with Crippen LogP contribution in [0.4, 0.5) is 5.82 Å². The monoisotopic (exact) mass is 589 g/mol. The Balaban J connectivity index is 0.00000320. The standard InChI is InChI=1S/C29H41BrClN5.CH4/c1-4-29(2,3)21-11-13-22(14-12-21)35-15-7-8-20(19-35)17-32-27-16-26(23-9-5-6-10-25(23)31)34-28-24(30)18-33-36(27)28;/h5-6,9-10,18,20-22,27,32H,4,7-8,11-17,19H2,1-3H3;1H4. The molecule has 0 amide bonds. The molecular weight excluding hydrogens is 546 g/mol. The molecule has 0 radical (unpaired) electrons. The van der Waals surface area contributed by atoms with E-state index in [1.54, 1.807) is 0 Å². The number of rotatable bonds is 7. The maximum absolute atomic E-state index is 6.54. The largest absolute Gasteiger partial charge is 0.300 e. The molecule has 0 spiro atoms. The van der Waals surface area contributed by atoms with Crippen molar-refractivity contribution in [2.24, 2.45) is 22.2 Å². The van der Waals surface area contributed by atoms with Gasteiger partial charge in [0, 0.05) is 36.1 Å². The van der Waals surface area contributed by atoms with Gasteiger partial charge in [-0.2, -0.15) is 5.10 Å². The number of hydrogen-bond donors (Lipinski definition) is 1. The first-order chi connectivity index (χ1) is 17.4. The predicted octanol–water partition coefficient (Wildman–Crippen LogP) is 8.25. The Bertz CT molecular complexity index is 1070. The zero-order valence-corrected chi connectivity index (χ0v) is 24.4. The first kappa shape index (κ1) is 28.8. The number of fused-ring (bicyclic) bond motifs is 1. The van der Waals surface area contributed by atoms with Gasteiger partial charge in [0.25, 0.3) is 0 Å². The quantitative estimate of drug-likeness (QED) is 0.353. The van der Waals surface area contributed by atoms with Gasteiger partial charge in [-0.25, -0.2) is 9.67 Å². The molecule has 3 aliphatic rings. The highest BCUT2D eigenvalue weighted by Gasteiger charge is 2.35. The van der Waals surface area contributed by atoms with Crippen LogP contribution in [0.15, 0.2) is 39.9 Å². The van der Waals surface area contributed by atoms with Crippen LogP contribution in [-0.2, 0) is 0 Å². The Morgan fingerprint density at radius 2 is 1.89 bits per heavy atom. The summed E-state index contributed by atoms with van der Waals surface area (Å²) in [5.74, 6) is 2.43. The lowest BCUT2D eigenvalue weighted by Crippen LogP contribution is -2.47. The first-order valence-electron chi connectivity index (χ1n) is 13.9. The zero-order chi connectivity index (χ0) is 25.3. The van der Waals surface area contributed by atoms with Crippen LogP contribution < -0.4 is 5.32 Å². The second-order valence-electron chi connectivity index (χ2n) is 11.8. The van der Waals surface area contributed by atoms with E-state index in [4.69, 9.17) is 16.6 Å². The minimum atomic E-state index is 0. The Kier molecular flexibility index (Phi) is 9.58. The van der Waals surface area contributed by atoms with Gasteiger partial charge in [-0.05, 0) is 84.3 Å². The number of aromatic nitrogens is 2. The molecule has 2 fully saturated rings. The minimum Gasteiger partial charge on any atom is -0.300 e. The van der Waals surface area contributed by atoms with Gasteiger partial charge in [-0.1, -0.05) is 64.4 Å². The van der Waals surface area contributed by atoms with Crippen LogP contribution in [0, 0.1) is 17.3 Å². The van der Waals surface area contributed by atoms with E-state index >= 15 is 0 Å². The second-order valence-corrected chi connectivity index (χ2v) is 13.0. The molecule has 37 heavy (non-hydrogen) atoms. The molecule has 1 saturated heterocycles. The van der Waals surface area contributed by atoms with Crippen LogP contribution >= 0.6 is 27.5 Å². The average Bonchev–Trinajstić information content (AvgIpc) is 3.28. The number of halogens is 2. The Hall–Kier alpha value is -1.21. The summed E-state index contributed by atoms with van der Waals surface area (Å²) in [6.07, 6.45) is 12.1. The third kappa shape index (κ3) is 6.34. The summed E-state index contributed by atoms with van der Waals surface area (Å²) in [6, 6.07) is 8.78. The van der Waals surface area contributed by atoms with Crippen molar-refractivity contribution in [2.45, 2.75) is 91.8 Å². The summed E-state index contributed by atoms with van der Waals surface area (Å²) >= 11 is 10.2. The molecule has 2 atom stereocenters. The van der Waals surface area contributed by atoms with Crippen molar-refractivity contribution in [2.75, 3.05) is 19.6 Å². The molecule has 1 saturated carbocycles. The molecule has 5 nitrogen and oxygen atoms in total. The molecule has 3 heterocycles. The van der Waals surface area contributed by atoms with Crippen molar-refractivity contribution in [3.63, 3.8) is 0 Å². The molecule has 204 valence electrons. The van der Waals surface area contributed by atoms with Crippen LogP contribution in [0.1, 0.15) is 91.3 Å². The van der Waals surface area contributed by atoms with Crippen molar-refractivity contribution in [1.82, 2.24) is 20.0 Å². The van der Waals surface area contributed by atoms with Gasteiger partial charge >= 0.3 is 0 Å². The van der Waals surface area contributed by atoms with Gasteiger partial charge in [0.1, 0.15) is 6.17 Å². The number of nitrogens with zero attached hydrogens (tertiary/aromatic N) is 4. The lowest BCUT2D eigenvalue weighted by Gasteiger charge is -2.44. The Morgan fingerprint density at radius 3 is 2.62 bits per heavy atom. The number of benzene rings is 1. The van der Waals surface area contributed by atoms with Gasteiger partial charge < -0.3 is 4.90 Å². The van der Waals surface area contributed by atoms with Gasteiger partial charge in [0.05, 0.1) is 16.4 Å². The number of piperidine rings is 1. The average molecular weight is 591 g/mol. The molecule has 2 unspecified atom stereocenters. The number of likely N-dealkylation sites (tertiary alicyclic amines) is 1. The highest BCUT2D eigenvalue weighted by Crippen LogP contribution is 2.42. The van der Waals surface area contributed by atoms with Crippen LogP contribution in [0.5, 0.6) is 0 Å². The van der Waals surface area contributed by atoms with E-state index in [2.05, 4.69) is 58.1 Å². The maximum atomic E-state index is 6.54. The normalized spacial score (nSPS) is 26.8. The van der Waals surface area contributed by atoms with Gasteiger partial charge in [0.15, 0.2) is 5.82 Å². The smallest absolute Gasteiger partial charge is 0.166 e. The SMILES string of the molecule is C.CCC(C)(C)C1CCC(N2CCCC(CNC3CC(c4ccccc4Cl)=Nc4c(Br)cnn43)C2)CC1. The first-order valence-corrected chi connectivity index (χ1v) is 15.1. The molecule has 1 N–H and O–H groups in total. The van der Waals surface area contributed by atoms with E-state index in [-0.39, 0.29) is 13.6 Å². The fourth-order valence-electron chi connectivity index (χ4n) is 6.54. The van der Waals surface area contributed by atoms with Gasteiger partial charge in [-0.3, -0.25) is 5.32 Å².